The van der Waals surface area contributed by atoms with E-state index in [4.69, 9.17) is 20.0 Å². The maximum absolute atomic E-state index is 12.1. The zero-order valence-corrected chi connectivity index (χ0v) is 20.3. The fraction of sp³-hybridized carbons (Fsp3) is 0.545. The third kappa shape index (κ3) is 12.8. The Hall–Kier alpha value is -3.50. The number of amides is 3. The second-order valence-electron chi connectivity index (χ2n) is 9.24. The predicted octanol–water partition coefficient (Wildman–Crippen LogP) is 2.57. The number of nitrogen functional groups attached to an aromatic ring is 1. The van der Waals surface area contributed by atoms with Crippen LogP contribution in [-0.4, -0.2) is 48.4 Å². The van der Waals surface area contributed by atoms with Gasteiger partial charge in [0.05, 0.1) is 13.0 Å². The van der Waals surface area contributed by atoms with Gasteiger partial charge in [-0.25, -0.2) is 9.59 Å². The van der Waals surface area contributed by atoms with Crippen LogP contribution >= 0.6 is 0 Å². The van der Waals surface area contributed by atoms with Gasteiger partial charge in [0.25, 0.3) is 5.96 Å². The summed E-state index contributed by atoms with van der Waals surface area (Å²) in [4.78, 5) is 41.3. The molecule has 0 aliphatic rings. The second-order valence-corrected chi connectivity index (χ2v) is 9.24. The average molecular weight is 466 g/mol. The Balaban J connectivity index is 2.61. The lowest BCUT2D eigenvalue weighted by Gasteiger charge is -2.21. The first-order valence-corrected chi connectivity index (χ1v) is 10.5. The Labute approximate surface area is 194 Å². The van der Waals surface area contributed by atoms with E-state index in [1.165, 1.54) is 0 Å². The summed E-state index contributed by atoms with van der Waals surface area (Å²) in [6, 6.07) is 5.39. The SMILES string of the molecule is Cc1ccc(N)cc1CC(=O)NCCON=C(NC(=O)OC(C)(C)C)NC(=O)OC(C)(C)C. The van der Waals surface area contributed by atoms with Crippen molar-refractivity contribution in [3.63, 3.8) is 0 Å². The number of anilines is 1. The average Bonchev–Trinajstić information content (AvgIpc) is 2.61. The molecule has 11 heteroatoms. The van der Waals surface area contributed by atoms with Crippen molar-refractivity contribution in [3.05, 3.63) is 29.3 Å². The van der Waals surface area contributed by atoms with Gasteiger partial charge in [0.1, 0.15) is 17.8 Å². The maximum atomic E-state index is 12.1. The van der Waals surface area contributed by atoms with Crippen LogP contribution in [0.3, 0.4) is 0 Å². The number of hydrogen-bond donors (Lipinski definition) is 4. The number of aryl methyl sites for hydroxylation is 1. The topological polar surface area (TPSA) is 153 Å². The van der Waals surface area contributed by atoms with Crippen molar-refractivity contribution in [2.24, 2.45) is 5.16 Å². The monoisotopic (exact) mass is 465 g/mol. The van der Waals surface area contributed by atoms with E-state index in [9.17, 15) is 14.4 Å². The van der Waals surface area contributed by atoms with E-state index < -0.39 is 23.4 Å². The summed E-state index contributed by atoms with van der Waals surface area (Å²) in [5, 5.41) is 11.0. The van der Waals surface area contributed by atoms with E-state index in [2.05, 4.69) is 21.1 Å². The summed E-state index contributed by atoms with van der Waals surface area (Å²) in [6.45, 7) is 12.2. The van der Waals surface area contributed by atoms with Crippen LogP contribution in [0.15, 0.2) is 23.4 Å². The summed E-state index contributed by atoms with van der Waals surface area (Å²) >= 11 is 0. The number of alkyl carbamates (subject to hydrolysis) is 2. The van der Waals surface area contributed by atoms with Crippen molar-refractivity contribution in [1.82, 2.24) is 16.0 Å². The van der Waals surface area contributed by atoms with Gasteiger partial charge >= 0.3 is 12.2 Å². The molecular formula is C22H35N5O6. The first kappa shape index (κ1) is 27.5. The fourth-order valence-electron chi connectivity index (χ4n) is 2.34. The van der Waals surface area contributed by atoms with Gasteiger partial charge in [-0.3, -0.25) is 15.4 Å². The highest BCUT2D eigenvalue weighted by Crippen LogP contribution is 2.13. The highest BCUT2D eigenvalue weighted by molar-refractivity contribution is 6.01. The van der Waals surface area contributed by atoms with Gasteiger partial charge in [-0.05, 0) is 76.9 Å². The largest absolute Gasteiger partial charge is 0.444 e. The molecule has 184 valence electrons. The first-order chi connectivity index (χ1) is 15.1. The quantitative estimate of drug-likeness (QED) is 0.165. The van der Waals surface area contributed by atoms with E-state index in [1.807, 2.05) is 13.0 Å². The second kappa shape index (κ2) is 11.9. The number of carbonyl (C=O) groups is 3. The Morgan fingerprint density at radius 2 is 1.52 bits per heavy atom. The maximum Gasteiger partial charge on any atom is 0.414 e. The molecule has 0 bridgehead atoms. The molecule has 0 spiro atoms. The number of oxime groups is 1. The van der Waals surface area contributed by atoms with Crippen molar-refractivity contribution < 1.29 is 28.7 Å². The molecule has 0 fully saturated rings. The number of nitrogens with one attached hydrogen (secondary N) is 3. The van der Waals surface area contributed by atoms with Crippen LogP contribution in [-0.2, 0) is 25.5 Å². The molecular weight excluding hydrogens is 430 g/mol. The van der Waals surface area contributed by atoms with Gasteiger partial charge < -0.3 is 25.4 Å². The number of benzene rings is 1. The molecule has 33 heavy (non-hydrogen) atoms. The lowest BCUT2D eigenvalue weighted by molar-refractivity contribution is -0.120. The third-order valence-electron chi connectivity index (χ3n) is 3.63. The van der Waals surface area contributed by atoms with E-state index in [0.717, 1.165) is 11.1 Å². The van der Waals surface area contributed by atoms with Crippen LogP contribution in [0.25, 0.3) is 0 Å². The molecule has 0 saturated heterocycles. The first-order valence-electron chi connectivity index (χ1n) is 10.5. The Morgan fingerprint density at radius 1 is 0.970 bits per heavy atom. The Bertz CT molecular complexity index is 839. The molecule has 1 rings (SSSR count). The molecule has 0 saturated carbocycles. The summed E-state index contributed by atoms with van der Waals surface area (Å²) < 4.78 is 10.3. The molecule has 0 aliphatic heterocycles. The molecule has 0 heterocycles. The zero-order valence-electron chi connectivity index (χ0n) is 20.3. The van der Waals surface area contributed by atoms with Crippen molar-refractivity contribution >= 4 is 29.7 Å². The van der Waals surface area contributed by atoms with Gasteiger partial charge in [0, 0.05) is 5.69 Å². The Kier molecular flexibility index (Phi) is 9.96. The van der Waals surface area contributed by atoms with E-state index in [0.29, 0.717) is 5.69 Å². The number of nitrogens with two attached hydrogens (primary N) is 1. The van der Waals surface area contributed by atoms with Gasteiger partial charge in [0.2, 0.25) is 5.91 Å². The molecule has 5 N–H and O–H groups in total. The molecule has 0 unspecified atom stereocenters. The minimum Gasteiger partial charge on any atom is -0.444 e. The van der Waals surface area contributed by atoms with Gasteiger partial charge in [-0.2, -0.15) is 0 Å². The van der Waals surface area contributed by atoms with Crippen LogP contribution in [0.5, 0.6) is 0 Å². The minimum absolute atomic E-state index is 0.0167. The molecule has 0 radical (unpaired) electrons. The zero-order chi connectivity index (χ0) is 25.2. The summed E-state index contributed by atoms with van der Waals surface area (Å²) in [5.74, 6) is -0.532. The number of nitrogens with zero attached hydrogens (tertiary/aromatic N) is 1. The normalized spacial score (nSPS) is 11.1. The molecule has 0 aromatic heterocycles. The highest BCUT2D eigenvalue weighted by Gasteiger charge is 2.21. The van der Waals surface area contributed by atoms with Crippen molar-refractivity contribution in [1.29, 1.82) is 0 Å². The summed E-state index contributed by atoms with van der Waals surface area (Å²) in [6.07, 6.45) is -1.51. The molecule has 3 amide bonds. The lowest BCUT2D eigenvalue weighted by atomic mass is 10.0. The highest BCUT2D eigenvalue weighted by atomic mass is 16.6. The van der Waals surface area contributed by atoms with Gasteiger partial charge in [-0.15, -0.1) is 0 Å². The number of carbonyl (C=O) groups excluding carboxylic acids is 3. The van der Waals surface area contributed by atoms with E-state index >= 15 is 0 Å². The number of ether oxygens (including phenoxy) is 2. The summed E-state index contributed by atoms with van der Waals surface area (Å²) in [5.41, 5.74) is 6.63. The fourth-order valence-corrected chi connectivity index (χ4v) is 2.34. The molecule has 1 aromatic carbocycles. The predicted molar refractivity (Wildman–Crippen MR) is 124 cm³/mol. The summed E-state index contributed by atoms with van der Waals surface area (Å²) in [7, 11) is 0. The van der Waals surface area contributed by atoms with E-state index in [1.54, 1.807) is 53.7 Å². The molecule has 11 nitrogen and oxygen atoms in total. The van der Waals surface area contributed by atoms with Crippen molar-refractivity contribution in [2.45, 2.75) is 66.1 Å². The van der Waals surface area contributed by atoms with Crippen LogP contribution in [0.4, 0.5) is 15.3 Å². The third-order valence-corrected chi connectivity index (χ3v) is 3.63. The van der Waals surface area contributed by atoms with Crippen LogP contribution in [0.2, 0.25) is 0 Å². The number of hydrogen-bond acceptors (Lipinski definition) is 8. The molecule has 1 aromatic rings. The standard InChI is InChI=1S/C22H35N5O6/c1-14-8-9-16(23)12-15(14)13-17(28)24-10-11-31-27-18(25-19(29)32-21(2,3)4)26-20(30)33-22(5,6)7/h8-9,12H,10-11,13,23H2,1-7H3,(H,24,28)(H2,25,26,27,29,30). The number of guanidine groups is 1. The molecule has 0 atom stereocenters. The molecule has 0 aliphatic carbocycles. The minimum atomic E-state index is -0.841. The lowest BCUT2D eigenvalue weighted by Crippen LogP contribution is -2.47. The van der Waals surface area contributed by atoms with Crippen molar-refractivity contribution in [2.75, 3.05) is 18.9 Å². The van der Waals surface area contributed by atoms with Gasteiger partial charge in [0.15, 0.2) is 0 Å². The van der Waals surface area contributed by atoms with Crippen LogP contribution in [0, 0.1) is 6.92 Å². The Morgan fingerprint density at radius 3 is 2.03 bits per heavy atom. The van der Waals surface area contributed by atoms with Gasteiger partial charge in [-0.1, -0.05) is 6.07 Å². The van der Waals surface area contributed by atoms with Crippen LogP contribution in [0.1, 0.15) is 52.7 Å². The van der Waals surface area contributed by atoms with Crippen molar-refractivity contribution in [3.8, 4) is 0 Å². The van der Waals surface area contributed by atoms with E-state index in [-0.39, 0.29) is 31.4 Å². The number of rotatable bonds is 6. The smallest absolute Gasteiger partial charge is 0.414 e. The van der Waals surface area contributed by atoms with Crippen LogP contribution < -0.4 is 21.7 Å².